The summed E-state index contributed by atoms with van der Waals surface area (Å²) in [5, 5.41) is 3.72. The molecule has 0 bridgehead atoms. The van der Waals surface area contributed by atoms with Crippen LogP contribution in [0.25, 0.3) is 0 Å². The molecule has 0 radical (unpaired) electrons. The van der Waals surface area contributed by atoms with E-state index >= 15 is 0 Å². The number of benzene rings is 2. The highest BCUT2D eigenvalue weighted by molar-refractivity contribution is 6.31. The maximum atomic E-state index is 13.3. The number of carbonyl (C=O) groups is 2. The molecule has 3 rings (SSSR count). The van der Waals surface area contributed by atoms with Crippen LogP contribution in [0.4, 0.5) is 0 Å². The molecule has 1 aliphatic rings. The Hall–Kier alpha value is -2.53. The molecular weight excluding hydrogens is 436 g/mol. The molecule has 1 saturated carbocycles. The number of halogens is 1. The number of aryl methyl sites for hydroxylation is 2. The van der Waals surface area contributed by atoms with Crippen LogP contribution in [0.5, 0.6) is 5.75 Å². The van der Waals surface area contributed by atoms with E-state index in [4.69, 9.17) is 16.3 Å². The molecule has 0 aliphatic heterocycles. The van der Waals surface area contributed by atoms with Gasteiger partial charge in [-0.25, -0.2) is 0 Å². The summed E-state index contributed by atoms with van der Waals surface area (Å²) in [4.78, 5) is 28.0. The van der Waals surface area contributed by atoms with E-state index in [0.717, 1.165) is 47.9 Å². The van der Waals surface area contributed by atoms with Gasteiger partial charge in [-0.2, -0.15) is 0 Å². The second-order valence-electron chi connectivity index (χ2n) is 9.13. The van der Waals surface area contributed by atoms with Crippen LogP contribution >= 0.6 is 11.6 Å². The first-order valence-corrected chi connectivity index (χ1v) is 12.2. The van der Waals surface area contributed by atoms with Crippen LogP contribution in [0.15, 0.2) is 36.4 Å². The first-order valence-electron chi connectivity index (χ1n) is 11.8. The molecule has 0 aromatic heterocycles. The third kappa shape index (κ3) is 6.73. The van der Waals surface area contributed by atoms with Gasteiger partial charge >= 0.3 is 0 Å². The number of carbonyl (C=O) groups excluding carboxylic acids is 2. The molecule has 178 valence electrons. The molecule has 1 N–H and O–H groups in total. The molecule has 2 aromatic carbocycles. The van der Waals surface area contributed by atoms with Crippen LogP contribution in [-0.2, 0) is 16.1 Å². The molecule has 0 heterocycles. The minimum Gasteiger partial charge on any atom is -0.483 e. The third-order valence-electron chi connectivity index (χ3n) is 6.53. The van der Waals surface area contributed by atoms with Crippen molar-refractivity contribution in [3.8, 4) is 5.75 Å². The fraction of sp³-hybridized carbons (Fsp3) is 0.481. The number of nitrogens with one attached hydrogen (secondary N) is 1. The quantitative estimate of drug-likeness (QED) is 0.553. The molecule has 1 atom stereocenters. The zero-order chi connectivity index (χ0) is 24.0. The summed E-state index contributed by atoms with van der Waals surface area (Å²) in [6.07, 6.45) is 5.46. The van der Waals surface area contributed by atoms with Gasteiger partial charge in [0.25, 0.3) is 5.91 Å². The van der Waals surface area contributed by atoms with Gasteiger partial charge in [0.1, 0.15) is 11.8 Å². The van der Waals surface area contributed by atoms with E-state index in [1.165, 1.54) is 6.42 Å². The van der Waals surface area contributed by atoms with Gasteiger partial charge in [0.2, 0.25) is 5.91 Å². The number of rotatable bonds is 8. The Kier molecular flexibility index (Phi) is 8.79. The van der Waals surface area contributed by atoms with Crippen molar-refractivity contribution in [2.24, 2.45) is 0 Å². The van der Waals surface area contributed by atoms with Crippen molar-refractivity contribution in [1.29, 1.82) is 0 Å². The molecule has 1 fully saturated rings. The Morgan fingerprint density at radius 3 is 2.52 bits per heavy atom. The smallest absolute Gasteiger partial charge is 0.261 e. The molecule has 2 amide bonds. The SMILES string of the molecule is Cc1cc(C)c(C)c(OCC(=O)N(Cc2ccccc2Cl)[C@@H](C)C(=O)NC2CCCCC2)c1. The fourth-order valence-electron chi connectivity index (χ4n) is 4.33. The van der Waals surface area contributed by atoms with Gasteiger partial charge in [-0.3, -0.25) is 9.59 Å². The zero-order valence-corrected chi connectivity index (χ0v) is 20.9. The van der Waals surface area contributed by atoms with Crippen molar-refractivity contribution in [2.45, 2.75) is 78.4 Å². The zero-order valence-electron chi connectivity index (χ0n) is 20.1. The first-order chi connectivity index (χ1) is 15.8. The number of ether oxygens (including phenoxy) is 1. The summed E-state index contributed by atoms with van der Waals surface area (Å²) < 4.78 is 5.93. The van der Waals surface area contributed by atoms with E-state index in [1.54, 1.807) is 17.9 Å². The molecule has 2 aromatic rings. The Morgan fingerprint density at radius 2 is 1.82 bits per heavy atom. The summed E-state index contributed by atoms with van der Waals surface area (Å²) in [5.41, 5.74) is 4.00. The minimum atomic E-state index is -0.639. The normalized spacial score (nSPS) is 15.1. The maximum Gasteiger partial charge on any atom is 0.261 e. The van der Waals surface area contributed by atoms with Gasteiger partial charge in [-0.15, -0.1) is 0 Å². The van der Waals surface area contributed by atoms with Crippen LogP contribution in [0, 0.1) is 20.8 Å². The molecule has 0 saturated heterocycles. The number of hydrogen-bond acceptors (Lipinski definition) is 3. The second-order valence-corrected chi connectivity index (χ2v) is 9.53. The van der Waals surface area contributed by atoms with E-state index in [0.29, 0.717) is 10.8 Å². The predicted octanol–water partition coefficient (Wildman–Crippen LogP) is 5.51. The van der Waals surface area contributed by atoms with Crippen LogP contribution in [0.1, 0.15) is 61.3 Å². The van der Waals surface area contributed by atoms with Crippen molar-refractivity contribution >= 4 is 23.4 Å². The molecule has 0 spiro atoms. The van der Waals surface area contributed by atoms with Crippen molar-refractivity contribution in [3.05, 3.63) is 63.7 Å². The summed E-state index contributed by atoms with van der Waals surface area (Å²) >= 11 is 6.37. The molecule has 0 unspecified atom stereocenters. The summed E-state index contributed by atoms with van der Waals surface area (Å²) in [7, 11) is 0. The van der Waals surface area contributed by atoms with E-state index in [2.05, 4.69) is 11.4 Å². The molecule has 6 heteroatoms. The van der Waals surface area contributed by atoms with Gasteiger partial charge < -0.3 is 15.0 Å². The van der Waals surface area contributed by atoms with Crippen LogP contribution < -0.4 is 10.1 Å². The van der Waals surface area contributed by atoms with Crippen molar-refractivity contribution in [2.75, 3.05) is 6.61 Å². The topological polar surface area (TPSA) is 58.6 Å². The van der Waals surface area contributed by atoms with Gasteiger partial charge in [0.15, 0.2) is 6.61 Å². The van der Waals surface area contributed by atoms with Gasteiger partial charge in [0, 0.05) is 17.6 Å². The molecular formula is C27H35ClN2O3. The average Bonchev–Trinajstić information content (AvgIpc) is 2.80. The van der Waals surface area contributed by atoms with E-state index < -0.39 is 6.04 Å². The van der Waals surface area contributed by atoms with E-state index in [9.17, 15) is 9.59 Å². The average molecular weight is 471 g/mol. The summed E-state index contributed by atoms with van der Waals surface area (Å²) in [5.74, 6) is 0.308. The molecule has 5 nitrogen and oxygen atoms in total. The summed E-state index contributed by atoms with van der Waals surface area (Å²) in [6.45, 7) is 7.88. The Bertz CT molecular complexity index is 985. The lowest BCUT2D eigenvalue weighted by Crippen LogP contribution is -2.51. The first kappa shape index (κ1) is 25.1. The van der Waals surface area contributed by atoms with Crippen molar-refractivity contribution < 1.29 is 14.3 Å². The van der Waals surface area contributed by atoms with Gasteiger partial charge in [0.05, 0.1) is 0 Å². The lowest BCUT2D eigenvalue weighted by atomic mass is 9.95. The highest BCUT2D eigenvalue weighted by Crippen LogP contribution is 2.24. The summed E-state index contributed by atoms with van der Waals surface area (Å²) in [6, 6.07) is 11.0. The van der Waals surface area contributed by atoms with Crippen molar-refractivity contribution in [1.82, 2.24) is 10.2 Å². The van der Waals surface area contributed by atoms with E-state index in [-0.39, 0.29) is 31.0 Å². The van der Waals surface area contributed by atoms with Gasteiger partial charge in [-0.05, 0) is 74.9 Å². The largest absolute Gasteiger partial charge is 0.483 e. The highest BCUT2D eigenvalue weighted by atomic mass is 35.5. The number of amides is 2. The Labute approximate surface area is 202 Å². The monoisotopic (exact) mass is 470 g/mol. The maximum absolute atomic E-state index is 13.3. The molecule has 33 heavy (non-hydrogen) atoms. The molecule has 1 aliphatic carbocycles. The lowest BCUT2D eigenvalue weighted by Gasteiger charge is -2.31. The standard InChI is InChI=1S/C27H35ClN2O3/c1-18-14-19(2)20(3)25(15-18)33-17-26(31)30(16-22-10-8-9-13-24(22)28)21(4)27(32)29-23-11-6-5-7-12-23/h8-10,13-15,21,23H,5-7,11-12,16-17H2,1-4H3,(H,29,32)/t21-/m0/s1. The van der Waals surface area contributed by atoms with Gasteiger partial charge in [-0.1, -0.05) is 55.1 Å². The highest BCUT2D eigenvalue weighted by Gasteiger charge is 2.29. The lowest BCUT2D eigenvalue weighted by molar-refractivity contribution is -0.142. The Balaban J connectivity index is 1.76. The van der Waals surface area contributed by atoms with Crippen LogP contribution in [-0.4, -0.2) is 35.4 Å². The third-order valence-corrected chi connectivity index (χ3v) is 6.90. The number of hydrogen-bond donors (Lipinski definition) is 1. The van der Waals surface area contributed by atoms with Crippen LogP contribution in [0.2, 0.25) is 5.02 Å². The van der Waals surface area contributed by atoms with Crippen molar-refractivity contribution in [3.63, 3.8) is 0 Å². The van der Waals surface area contributed by atoms with Crippen LogP contribution in [0.3, 0.4) is 0 Å². The predicted molar refractivity (Wildman–Crippen MR) is 133 cm³/mol. The fourth-order valence-corrected chi connectivity index (χ4v) is 4.53. The second kappa shape index (κ2) is 11.6. The van der Waals surface area contributed by atoms with E-state index in [1.807, 2.05) is 45.0 Å². The number of nitrogens with zero attached hydrogens (tertiary/aromatic N) is 1. The minimum absolute atomic E-state index is 0.134. The Morgan fingerprint density at radius 1 is 1.12 bits per heavy atom.